The van der Waals surface area contributed by atoms with Crippen molar-refractivity contribution in [1.82, 2.24) is 5.32 Å². The van der Waals surface area contributed by atoms with E-state index >= 15 is 0 Å². The number of nitrogens with one attached hydrogen (secondary N) is 1. The molecular weight excluding hydrogens is 310 g/mol. The fourth-order valence-electron chi connectivity index (χ4n) is 2.29. The first-order chi connectivity index (χ1) is 10.1. The van der Waals surface area contributed by atoms with Crippen molar-refractivity contribution in [3.05, 3.63) is 30.3 Å². The Morgan fingerprint density at radius 2 is 1.82 bits per heavy atom. The zero-order chi connectivity index (χ0) is 16.5. The zero-order valence-electron chi connectivity index (χ0n) is 14.3. The van der Waals surface area contributed by atoms with Gasteiger partial charge in [0, 0.05) is 4.90 Å². The summed E-state index contributed by atoms with van der Waals surface area (Å²) in [6.45, 7) is 13.2. The van der Waals surface area contributed by atoms with Crippen LogP contribution in [-0.2, 0) is 9.22 Å². The second kappa shape index (κ2) is 6.38. The molecule has 2 rings (SSSR count). The highest BCUT2D eigenvalue weighted by Crippen LogP contribution is 2.40. The molecule has 0 saturated carbocycles. The van der Waals surface area contributed by atoms with E-state index in [4.69, 9.17) is 4.43 Å². The summed E-state index contributed by atoms with van der Waals surface area (Å²) in [5.41, 5.74) is 0. The van der Waals surface area contributed by atoms with Gasteiger partial charge in [-0.15, -0.1) is 11.8 Å². The Bertz CT molecular complexity index is 527. The average Bonchev–Trinajstić information content (AvgIpc) is 2.36. The monoisotopic (exact) mass is 337 g/mol. The van der Waals surface area contributed by atoms with E-state index in [1.165, 1.54) is 4.90 Å². The molecule has 2 unspecified atom stereocenters. The lowest BCUT2D eigenvalue weighted by Crippen LogP contribution is -2.62. The van der Waals surface area contributed by atoms with Crippen LogP contribution in [0, 0.1) is 5.92 Å². The number of thioether (sulfide) groups is 1. The summed E-state index contributed by atoms with van der Waals surface area (Å²) in [5.74, 6) is 0.0407. The first-order valence-corrected chi connectivity index (χ1v) is 11.6. The van der Waals surface area contributed by atoms with E-state index in [9.17, 15) is 4.79 Å². The standard InChI is InChI=1S/C17H27NO2SSi/c1-12(20-22(5,6)17(2,3)4)14-15(19)18-16(14)21-13-10-8-7-9-11-13/h7-12,14,16H,1-6H3,(H,18,19)/t12-,14?,16?/m1/s1. The smallest absolute Gasteiger partial charge is 0.229 e. The minimum Gasteiger partial charge on any atom is -0.413 e. The third kappa shape index (κ3) is 3.75. The highest BCUT2D eigenvalue weighted by Gasteiger charge is 2.47. The molecule has 1 N–H and O–H groups in total. The predicted molar refractivity (Wildman–Crippen MR) is 95.5 cm³/mol. The van der Waals surface area contributed by atoms with Crippen LogP contribution in [0.1, 0.15) is 27.7 Å². The summed E-state index contributed by atoms with van der Waals surface area (Å²) in [4.78, 5) is 13.2. The summed E-state index contributed by atoms with van der Waals surface area (Å²) in [5, 5.41) is 3.27. The quantitative estimate of drug-likeness (QED) is 0.644. The van der Waals surface area contributed by atoms with Gasteiger partial charge < -0.3 is 9.74 Å². The van der Waals surface area contributed by atoms with Gasteiger partial charge in [0.1, 0.15) is 0 Å². The SMILES string of the molecule is C[C@@H](O[Si](C)(C)C(C)(C)C)C1C(=O)NC1Sc1ccccc1. The highest BCUT2D eigenvalue weighted by atomic mass is 32.2. The van der Waals surface area contributed by atoms with Gasteiger partial charge in [0.05, 0.1) is 17.4 Å². The Morgan fingerprint density at radius 1 is 1.23 bits per heavy atom. The number of hydrogen-bond acceptors (Lipinski definition) is 3. The van der Waals surface area contributed by atoms with Crippen LogP contribution in [0.25, 0.3) is 0 Å². The topological polar surface area (TPSA) is 38.3 Å². The molecule has 1 aromatic carbocycles. The lowest BCUT2D eigenvalue weighted by atomic mass is 9.96. The van der Waals surface area contributed by atoms with Crippen LogP contribution in [0.4, 0.5) is 0 Å². The van der Waals surface area contributed by atoms with Gasteiger partial charge in [-0.1, -0.05) is 39.0 Å². The highest BCUT2D eigenvalue weighted by molar-refractivity contribution is 8.00. The van der Waals surface area contributed by atoms with Gasteiger partial charge in [-0.3, -0.25) is 4.79 Å². The average molecular weight is 338 g/mol. The number of amides is 1. The van der Waals surface area contributed by atoms with Crippen molar-refractivity contribution < 1.29 is 9.22 Å². The maximum Gasteiger partial charge on any atom is 0.229 e. The molecule has 0 bridgehead atoms. The van der Waals surface area contributed by atoms with E-state index in [0.717, 1.165) is 0 Å². The van der Waals surface area contributed by atoms with E-state index in [1.807, 2.05) is 25.1 Å². The summed E-state index contributed by atoms with van der Waals surface area (Å²) in [6.07, 6.45) is -0.0455. The molecule has 1 aliphatic heterocycles. The summed E-state index contributed by atoms with van der Waals surface area (Å²) >= 11 is 1.71. The molecule has 1 heterocycles. The molecule has 0 aromatic heterocycles. The normalized spacial score (nSPS) is 23.6. The van der Waals surface area contributed by atoms with E-state index < -0.39 is 8.32 Å². The minimum atomic E-state index is -1.85. The Labute approximate surface area is 139 Å². The van der Waals surface area contributed by atoms with Gasteiger partial charge in [-0.2, -0.15) is 0 Å². The van der Waals surface area contributed by atoms with Crippen molar-refractivity contribution in [2.45, 2.75) is 62.2 Å². The van der Waals surface area contributed by atoms with Crippen LogP contribution < -0.4 is 5.32 Å². The van der Waals surface area contributed by atoms with Crippen LogP contribution in [0.5, 0.6) is 0 Å². The van der Waals surface area contributed by atoms with Crippen LogP contribution in [0.3, 0.4) is 0 Å². The van der Waals surface area contributed by atoms with Crippen LogP contribution in [-0.4, -0.2) is 25.7 Å². The zero-order valence-corrected chi connectivity index (χ0v) is 16.2. The van der Waals surface area contributed by atoms with Crippen LogP contribution in [0.2, 0.25) is 18.1 Å². The fraction of sp³-hybridized carbons (Fsp3) is 0.588. The molecule has 22 heavy (non-hydrogen) atoms. The summed E-state index contributed by atoms with van der Waals surface area (Å²) < 4.78 is 6.41. The van der Waals surface area contributed by atoms with E-state index in [0.29, 0.717) is 0 Å². The van der Waals surface area contributed by atoms with Gasteiger partial charge >= 0.3 is 0 Å². The van der Waals surface area contributed by atoms with Gasteiger partial charge in [0.2, 0.25) is 5.91 Å². The summed E-state index contributed by atoms with van der Waals surface area (Å²) in [6, 6.07) is 10.2. The molecule has 5 heteroatoms. The Morgan fingerprint density at radius 3 is 2.32 bits per heavy atom. The fourth-order valence-corrected chi connectivity index (χ4v) is 4.99. The van der Waals surface area contributed by atoms with Crippen molar-refractivity contribution in [3.63, 3.8) is 0 Å². The Hall–Kier alpha value is -0.783. The molecular formula is C17H27NO2SSi. The first kappa shape index (κ1) is 17.6. The number of rotatable bonds is 5. The molecule has 1 aromatic rings. The Balaban J connectivity index is 2.02. The largest absolute Gasteiger partial charge is 0.413 e. The number of carbonyl (C=O) groups is 1. The second-order valence-electron chi connectivity index (χ2n) is 7.47. The van der Waals surface area contributed by atoms with Gasteiger partial charge in [-0.25, -0.2) is 0 Å². The van der Waals surface area contributed by atoms with E-state index in [1.54, 1.807) is 11.8 Å². The molecule has 1 saturated heterocycles. The van der Waals surface area contributed by atoms with Gasteiger partial charge in [0.15, 0.2) is 8.32 Å². The molecule has 0 spiro atoms. The van der Waals surface area contributed by atoms with Crippen molar-refractivity contribution in [2.75, 3.05) is 0 Å². The number of benzene rings is 1. The summed E-state index contributed by atoms with van der Waals surface area (Å²) in [7, 11) is -1.85. The molecule has 1 amide bonds. The van der Waals surface area contributed by atoms with E-state index in [2.05, 4.69) is 51.3 Å². The molecule has 0 radical (unpaired) electrons. The third-order valence-corrected chi connectivity index (χ3v) is 10.5. The first-order valence-electron chi connectivity index (χ1n) is 7.82. The maximum absolute atomic E-state index is 12.0. The molecule has 1 fully saturated rings. The minimum absolute atomic E-state index is 0.0455. The van der Waals surface area contributed by atoms with Gasteiger partial charge in [0.25, 0.3) is 0 Å². The lowest BCUT2D eigenvalue weighted by molar-refractivity contribution is -0.136. The van der Waals surface area contributed by atoms with Crippen molar-refractivity contribution >= 4 is 26.0 Å². The van der Waals surface area contributed by atoms with Crippen molar-refractivity contribution in [2.24, 2.45) is 5.92 Å². The number of carbonyl (C=O) groups excluding carboxylic acids is 1. The maximum atomic E-state index is 12.0. The van der Waals surface area contributed by atoms with Gasteiger partial charge in [-0.05, 0) is 37.2 Å². The molecule has 3 atom stereocenters. The predicted octanol–water partition coefficient (Wildman–Crippen LogP) is 4.26. The molecule has 0 aliphatic carbocycles. The van der Waals surface area contributed by atoms with Crippen molar-refractivity contribution in [1.29, 1.82) is 0 Å². The van der Waals surface area contributed by atoms with E-state index in [-0.39, 0.29) is 28.3 Å². The molecule has 1 aliphatic rings. The molecule has 3 nitrogen and oxygen atoms in total. The Kier molecular flexibility index (Phi) is 5.09. The number of hydrogen-bond donors (Lipinski definition) is 1. The number of β-lactam (4-membered cyclic amide) rings is 1. The third-order valence-electron chi connectivity index (χ3n) is 4.71. The second-order valence-corrected chi connectivity index (χ2v) is 13.4. The van der Waals surface area contributed by atoms with Crippen molar-refractivity contribution in [3.8, 4) is 0 Å². The lowest BCUT2D eigenvalue weighted by Gasteiger charge is -2.45. The molecule has 122 valence electrons. The van der Waals surface area contributed by atoms with Crippen LogP contribution >= 0.6 is 11.8 Å². The van der Waals surface area contributed by atoms with Crippen LogP contribution in [0.15, 0.2) is 35.2 Å².